The Balaban J connectivity index is 1.74. The van der Waals surface area contributed by atoms with Crippen molar-refractivity contribution < 1.29 is 14.3 Å². The fraction of sp³-hybridized carbons (Fsp3) is 0.222. The first-order chi connectivity index (χ1) is 11.6. The molecule has 2 aromatic carbocycles. The highest BCUT2D eigenvalue weighted by molar-refractivity contribution is 7.97. The number of likely N-dealkylation sites (N-methyl/N-ethyl adjacent to an activating group) is 1. The number of hydrogen-bond acceptors (Lipinski definition) is 4. The van der Waals surface area contributed by atoms with Gasteiger partial charge in [0.25, 0.3) is 11.8 Å². The minimum absolute atomic E-state index is 0.0117. The van der Waals surface area contributed by atoms with Gasteiger partial charge in [0, 0.05) is 30.1 Å². The van der Waals surface area contributed by atoms with Crippen LogP contribution in [0.1, 0.15) is 15.9 Å². The SMILES string of the molecule is CSCc1ccc(C(=O)Nc2ccc3c(c2)OCC(=O)N3C)cc1. The molecule has 6 heteroatoms. The summed E-state index contributed by atoms with van der Waals surface area (Å²) in [7, 11) is 1.71. The van der Waals surface area contributed by atoms with E-state index < -0.39 is 0 Å². The lowest BCUT2D eigenvalue weighted by Crippen LogP contribution is -2.35. The lowest BCUT2D eigenvalue weighted by Gasteiger charge is -2.26. The summed E-state index contributed by atoms with van der Waals surface area (Å²) in [5, 5.41) is 2.86. The lowest BCUT2D eigenvalue weighted by molar-refractivity contribution is -0.120. The van der Waals surface area contributed by atoms with Gasteiger partial charge in [0.1, 0.15) is 5.75 Å². The maximum Gasteiger partial charge on any atom is 0.264 e. The highest BCUT2D eigenvalue weighted by Crippen LogP contribution is 2.33. The predicted molar refractivity (Wildman–Crippen MR) is 97.0 cm³/mol. The summed E-state index contributed by atoms with van der Waals surface area (Å²) < 4.78 is 5.43. The molecular weight excluding hydrogens is 324 g/mol. The summed E-state index contributed by atoms with van der Waals surface area (Å²) in [6.45, 7) is 0.0117. The van der Waals surface area contributed by atoms with Gasteiger partial charge in [0.15, 0.2) is 6.61 Å². The average Bonchev–Trinajstić information content (AvgIpc) is 2.59. The fourth-order valence-electron chi connectivity index (χ4n) is 2.48. The molecule has 2 aromatic rings. The number of benzene rings is 2. The van der Waals surface area contributed by atoms with Crippen LogP contribution in [-0.2, 0) is 10.5 Å². The van der Waals surface area contributed by atoms with Crippen molar-refractivity contribution in [2.24, 2.45) is 0 Å². The molecule has 0 aromatic heterocycles. The van der Waals surface area contributed by atoms with E-state index in [4.69, 9.17) is 4.74 Å². The van der Waals surface area contributed by atoms with Crippen LogP contribution in [0.15, 0.2) is 42.5 Å². The summed E-state index contributed by atoms with van der Waals surface area (Å²) in [4.78, 5) is 25.5. The Morgan fingerprint density at radius 2 is 2.00 bits per heavy atom. The van der Waals surface area contributed by atoms with Crippen molar-refractivity contribution in [3.63, 3.8) is 0 Å². The number of thioether (sulfide) groups is 1. The quantitative estimate of drug-likeness (QED) is 0.927. The van der Waals surface area contributed by atoms with Gasteiger partial charge >= 0.3 is 0 Å². The largest absolute Gasteiger partial charge is 0.481 e. The van der Waals surface area contributed by atoms with Crippen molar-refractivity contribution in [2.75, 3.05) is 30.1 Å². The van der Waals surface area contributed by atoms with Crippen molar-refractivity contribution in [2.45, 2.75) is 5.75 Å². The zero-order valence-corrected chi connectivity index (χ0v) is 14.4. The molecule has 0 unspecified atom stereocenters. The molecule has 0 saturated heterocycles. The highest BCUT2D eigenvalue weighted by Gasteiger charge is 2.22. The van der Waals surface area contributed by atoms with Crippen LogP contribution in [0.5, 0.6) is 5.75 Å². The van der Waals surface area contributed by atoms with Gasteiger partial charge in [-0.25, -0.2) is 0 Å². The normalized spacial score (nSPS) is 13.2. The molecule has 124 valence electrons. The lowest BCUT2D eigenvalue weighted by atomic mass is 10.1. The van der Waals surface area contributed by atoms with Gasteiger partial charge in [-0.1, -0.05) is 12.1 Å². The van der Waals surface area contributed by atoms with Crippen molar-refractivity contribution in [3.05, 3.63) is 53.6 Å². The molecule has 24 heavy (non-hydrogen) atoms. The molecule has 0 spiro atoms. The van der Waals surface area contributed by atoms with Crippen LogP contribution in [0, 0.1) is 0 Å². The van der Waals surface area contributed by atoms with Crippen molar-refractivity contribution in [1.82, 2.24) is 0 Å². The molecule has 1 aliphatic rings. The minimum atomic E-state index is -0.175. The van der Waals surface area contributed by atoms with E-state index in [-0.39, 0.29) is 18.4 Å². The number of anilines is 2. The van der Waals surface area contributed by atoms with Gasteiger partial charge in [-0.3, -0.25) is 9.59 Å². The number of hydrogen-bond donors (Lipinski definition) is 1. The molecule has 0 atom stereocenters. The van der Waals surface area contributed by atoms with E-state index >= 15 is 0 Å². The fourth-order valence-corrected chi connectivity index (χ4v) is 3.00. The van der Waals surface area contributed by atoms with Crippen LogP contribution in [0.3, 0.4) is 0 Å². The van der Waals surface area contributed by atoms with Crippen LogP contribution in [0.4, 0.5) is 11.4 Å². The predicted octanol–water partition coefficient (Wildman–Crippen LogP) is 3.16. The Bertz CT molecular complexity index is 774. The van der Waals surface area contributed by atoms with Gasteiger partial charge in [0.05, 0.1) is 5.69 Å². The molecule has 1 heterocycles. The third-order valence-corrected chi connectivity index (χ3v) is 4.45. The Hall–Kier alpha value is -2.47. The number of carbonyl (C=O) groups is 2. The van der Waals surface area contributed by atoms with E-state index in [1.54, 1.807) is 41.9 Å². The van der Waals surface area contributed by atoms with E-state index in [0.29, 0.717) is 22.7 Å². The van der Waals surface area contributed by atoms with Gasteiger partial charge in [0.2, 0.25) is 0 Å². The van der Waals surface area contributed by atoms with Gasteiger partial charge in [-0.15, -0.1) is 0 Å². The van der Waals surface area contributed by atoms with Crippen LogP contribution < -0.4 is 15.0 Å². The number of nitrogens with zero attached hydrogens (tertiary/aromatic N) is 1. The van der Waals surface area contributed by atoms with Crippen LogP contribution in [0.25, 0.3) is 0 Å². The standard InChI is InChI=1S/C18H18N2O3S/c1-20-15-8-7-14(9-16(15)23-10-17(20)21)19-18(22)13-5-3-12(4-6-13)11-24-2/h3-9H,10-11H2,1-2H3,(H,19,22). The summed E-state index contributed by atoms with van der Waals surface area (Å²) in [6, 6.07) is 12.8. The molecule has 0 radical (unpaired) electrons. The van der Waals surface area contributed by atoms with Gasteiger partial charge < -0.3 is 15.0 Å². The van der Waals surface area contributed by atoms with E-state index in [2.05, 4.69) is 5.32 Å². The molecule has 1 N–H and O–H groups in total. The number of amides is 2. The monoisotopic (exact) mass is 342 g/mol. The Kier molecular flexibility index (Phi) is 4.76. The maximum absolute atomic E-state index is 12.3. The molecule has 3 rings (SSSR count). The van der Waals surface area contributed by atoms with E-state index in [1.165, 1.54) is 5.56 Å². The van der Waals surface area contributed by atoms with Crippen LogP contribution in [0.2, 0.25) is 0 Å². The molecule has 5 nitrogen and oxygen atoms in total. The van der Waals surface area contributed by atoms with E-state index in [0.717, 1.165) is 5.75 Å². The maximum atomic E-state index is 12.3. The zero-order valence-electron chi connectivity index (χ0n) is 13.5. The zero-order chi connectivity index (χ0) is 17.1. The van der Waals surface area contributed by atoms with Crippen molar-refractivity contribution >= 4 is 35.0 Å². The summed E-state index contributed by atoms with van der Waals surface area (Å²) in [5.74, 6) is 1.25. The number of rotatable bonds is 4. The average molecular weight is 342 g/mol. The number of ether oxygens (including phenoxy) is 1. The Morgan fingerprint density at radius 3 is 2.71 bits per heavy atom. The second-order valence-electron chi connectivity index (χ2n) is 5.51. The van der Waals surface area contributed by atoms with Crippen LogP contribution >= 0.6 is 11.8 Å². The molecular formula is C18H18N2O3S. The molecule has 2 amide bonds. The summed E-state index contributed by atoms with van der Waals surface area (Å²) >= 11 is 1.74. The molecule has 0 fully saturated rings. The van der Waals surface area contributed by atoms with Crippen molar-refractivity contribution in [3.8, 4) is 5.75 Å². The first kappa shape index (κ1) is 16.4. The van der Waals surface area contributed by atoms with E-state index in [9.17, 15) is 9.59 Å². The summed E-state index contributed by atoms with van der Waals surface area (Å²) in [5.41, 5.74) is 3.13. The first-order valence-corrected chi connectivity index (χ1v) is 8.90. The minimum Gasteiger partial charge on any atom is -0.481 e. The van der Waals surface area contributed by atoms with Crippen molar-refractivity contribution in [1.29, 1.82) is 0 Å². The van der Waals surface area contributed by atoms with E-state index in [1.807, 2.05) is 30.5 Å². The number of nitrogens with one attached hydrogen (secondary N) is 1. The third kappa shape index (κ3) is 3.38. The third-order valence-electron chi connectivity index (χ3n) is 3.83. The van der Waals surface area contributed by atoms with Gasteiger partial charge in [-0.05, 0) is 36.1 Å². The first-order valence-electron chi connectivity index (χ1n) is 7.51. The van der Waals surface area contributed by atoms with Crippen LogP contribution in [-0.4, -0.2) is 31.7 Å². The highest BCUT2D eigenvalue weighted by atomic mass is 32.2. The Morgan fingerprint density at radius 1 is 1.25 bits per heavy atom. The van der Waals surface area contributed by atoms with Gasteiger partial charge in [-0.2, -0.15) is 11.8 Å². The summed E-state index contributed by atoms with van der Waals surface area (Å²) in [6.07, 6.45) is 2.05. The topological polar surface area (TPSA) is 58.6 Å². The molecule has 0 bridgehead atoms. The Labute approximate surface area is 145 Å². The smallest absolute Gasteiger partial charge is 0.264 e. The second-order valence-corrected chi connectivity index (χ2v) is 6.37. The second kappa shape index (κ2) is 6.97. The number of carbonyl (C=O) groups excluding carboxylic acids is 2. The molecule has 0 saturated carbocycles. The number of fused-ring (bicyclic) bond motifs is 1. The molecule has 1 aliphatic heterocycles. The molecule has 0 aliphatic carbocycles.